The highest BCUT2D eigenvalue weighted by atomic mass is 16.5. The lowest BCUT2D eigenvalue weighted by Gasteiger charge is -2.05. The predicted molar refractivity (Wildman–Crippen MR) is 62.3 cm³/mol. The third-order valence-electron chi connectivity index (χ3n) is 2.34. The fraction of sp³-hybridized carbons (Fsp3) is 0.250. The lowest BCUT2D eigenvalue weighted by molar-refractivity contribution is 0.112. The molecule has 2 heterocycles. The molecule has 0 fully saturated rings. The van der Waals surface area contributed by atoms with Gasteiger partial charge in [-0.1, -0.05) is 0 Å². The number of rotatable bonds is 4. The highest BCUT2D eigenvalue weighted by molar-refractivity contribution is 5.74. The Kier molecular flexibility index (Phi) is 3.18. The lowest BCUT2D eigenvalue weighted by atomic mass is 10.2. The van der Waals surface area contributed by atoms with Crippen LogP contribution in [0.3, 0.4) is 0 Å². The molecule has 0 spiro atoms. The summed E-state index contributed by atoms with van der Waals surface area (Å²) >= 11 is 0. The van der Waals surface area contributed by atoms with Gasteiger partial charge in [-0.25, -0.2) is 4.98 Å². The highest BCUT2D eigenvalue weighted by Crippen LogP contribution is 2.22. The number of aryl methyl sites for hydroxylation is 2. The van der Waals surface area contributed by atoms with Gasteiger partial charge in [-0.15, -0.1) is 0 Å². The zero-order valence-electron chi connectivity index (χ0n) is 9.75. The van der Waals surface area contributed by atoms with E-state index in [1.54, 1.807) is 23.1 Å². The zero-order chi connectivity index (χ0) is 12.3. The molecule has 0 unspecified atom stereocenters. The molecule has 2 aromatic heterocycles. The van der Waals surface area contributed by atoms with Crippen LogP contribution in [0.5, 0.6) is 11.6 Å². The number of carbonyl (C=O) groups is 1. The number of hydrogen-bond donors (Lipinski definition) is 0. The Bertz CT molecular complexity index is 534. The van der Waals surface area contributed by atoms with Crippen molar-refractivity contribution in [2.45, 2.75) is 20.4 Å². The van der Waals surface area contributed by atoms with Crippen LogP contribution in [0.4, 0.5) is 0 Å². The van der Waals surface area contributed by atoms with E-state index < -0.39 is 0 Å². The number of ether oxygens (including phenoxy) is 1. The monoisotopic (exact) mass is 231 g/mol. The third kappa shape index (κ3) is 2.50. The largest absolute Gasteiger partial charge is 0.435 e. The van der Waals surface area contributed by atoms with Crippen LogP contribution in [-0.4, -0.2) is 21.1 Å². The summed E-state index contributed by atoms with van der Waals surface area (Å²) in [6.07, 6.45) is 5.69. The molecule has 0 N–H and O–H groups in total. The molecule has 17 heavy (non-hydrogen) atoms. The van der Waals surface area contributed by atoms with E-state index in [2.05, 4.69) is 10.1 Å². The summed E-state index contributed by atoms with van der Waals surface area (Å²) in [7, 11) is 0. The average Bonchev–Trinajstić information content (AvgIpc) is 2.79. The third-order valence-corrected chi connectivity index (χ3v) is 2.34. The van der Waals surface area contributed by atoms with Gasteiger partial charge < -0.3 is 4.74 Å². The molecule has 0 bridgehead atoms. The average molecular weight is 231 g/mol. The molecule has 0 aliphatic rings. The Morgan fingerprint density at radius 2 is 2.29 bits per heavy atom. The van der Waals surface area contributed by atoms with Crippen LogP contribution in [-0.2, 0) is 6.54 Å². The van der Waals surface area contributed by atoms with Gasteiger partial charge in [0.05, 0.1) is 12.4 Å². The molecule has 0 saturated heterocycles. The van der Waals surface area contributed by atoms with Gasteiger partial charge in [0.1, 0.15) is 0 Å². The lowest BCUT2D eigenvalue weighted by Crippen LogP contribution is -1.93. The van der Waals surface area contributed by atoms with Gasteiger partial charge in [-0.3, -0.25) is 9.48 Å². The van der Waals surface area contributed by atoms with Gasteiger partial charge in [0.2, 0.25) is 5.88 Å². The summed E-state index contributed by atoms with van der Waals surface area (Å²) in [6.45, 7) is 4.64. The Balaban J connectivity index is 2.20. The van der Waals surface area contributed by atoms with E-state index in [4.69, 9.17) is 4.74 Å². The fourth-order valence-corrected chi connectivity index (χ4v) is 1.44. The number of aldehydes is 1. The van der Waals surface area contributed by atoms with Crippen molar-refractivity contribution >= 4 is 6.29 Å². The number of hydrogen-bond acceptors (Lipinski definition) is 4. The minimum Gasteiger partial charge on any atom is -0.435 e. The second-order valence-electron chi connectivity index (χ2n) is 3.64. The molecule has 88 valence electrons. The number of nitrogens with zero attached hydrogens (tertiary/aromatic N) is 3. The first kappa shape index (κ1) is 11.3. The summed E-state index contributed by atoms with van der Waals surface area (Å²) in [5.41, 5.74) is 1.36. The minimum absolute atomic E-state index is 0.492. The molecule has 0 radical (unpaired) electrons. The molecule has 0 saturated carbocycles. The van der Waals surface area contributed by atoms with Crippen molar-refractivity contribution in [3.63, 3.8) is 0 Å². The van der Waals surface area contributed by atoms with Crippen LogP contribution < -0.4 is 4.74 Å². The molecule has 0 aliphatic heterocycles. The van der Waals surface area contributed by atoms with Crippen molar-refractivity contribution in [2.24, 2.45) is 0 Å². The van der Waals surface area contributed by atoms with Gasteiger partial charge in [0.25, 0.3) is 0 Å². The minimum atomic E-state index is 0.492. The summed E-state index contributed by atoms with van der Waals surface area (Å²) in [6, 6.07) is 1.74. The van der Waals surface area contributed by atoms with Crippen molar-refractivity contribution in [1.82, 2.24) is 14.8 Å². The molecule has 2 rings (SSSR count). The first-order valence-corrected chi connectivity index (χ1v) is 5.35. The van der Waals surface area contributed by atoms with E-state index in [9.17, 15) is 4.79 Å². The van der Waals surface area contributed by atoms with Gasteiger partial charge in [-0.05, 0) is 19.9 Å². The van der Waals surface area contributed by atoms with Crippen LogP contribution in [0.2, 0.25) is 0 Å². The van der Waals surface area contributed by atoms with E-state index in [0.29, 0.717) is 17.2 Å². The van der Waals surface area contributed by atoms with Crippen molar-refractivity contribution in [1.29, 1.82) is 0 Å². The Hall–Kier alpha value is -2.17. The van der Waals surface area contributed by atoms with E-state index in [0.717, 1.165) is 18.4 Å². The number of pyridine rings is 1. The van der Waals surface area contributed by atoms with Crippen molar-refractivity contribution < 1.29 is 9.53 Å². The number of aromatic nitrogens is 3. The van der Waals surface area contributed by atoms with E-state index in [-0.39, 0.29) is 0 Å². The standard InChI is InChI=1S/C12H13N3O2/c1-3-15-7-11(6-14-15)17-12-9(2)4-10(8-16)5-13-12/h4-8H,3H2,1-2H3. The molecular formula is C12H13N3O2. The van der Waals surface area contributed by atoms with Gasteiger partial charge in [0, 0.05) is 23.9 Å². The molecule has 0 aromatic carbocycles. The quantitative estimate of drug-likeness (QED) is 0.757. The van der Waals surface area contributed by atoms with Crippen LogP contribution in [0, 0.1) is 6.92 Å². The van der Waals surface area contributed by atoms with Crippen LogP contribution in [0.25, 0.3) is 0 Å². The zero-order valence-corrected chi connectivity index (χ0v) is 9.75. The Labute approximate surface area is 99.1 Å². The van der Waals surface area contributed by atoms with Gasteiger partial charge >= 0.3 is 0 Å². The smallest absolute Gasteiger partial charge is 0.222 e. The SMILES string of the molecule is CCn1cc(Oc2ncc(C=O)cc2C)cn1. The molecule has 2 aromatic rings. The van der Waals surface area contributed by atoms with Gasteiger partial charge in [0.15, 0.2) is 12.0 Å². The molecular weight excluding hydrogens is 218 g/mol. The second-order valence-corrected chi connectivity index (χ2v) is 3.64. The van der Waals surface area contributed by atoms with Crippen LogP contribution >= 0.6 is 0 Å². The topological polar surface area (TPSA) is 57.0 Å². The van der Waals surface area contributed by atoms with Crippen LogP contribution in [0.15, 0.2) is 24.7 Å². The van der Waals surface area contributed by atoms with E-state index in [1.807, 2.05) is 13.8 Å². The highest BCUT2D eigenvalue weighted by Gasteiger charge is 2.05. The number of carbonyl (C=O) groups excluding carboxylic acids is 1. The Morgan fingerprint density at radius 1 is 1.47 bits per heavy atom. The summed E-state index contributed by atoms with van der Waals surface area (Å²) in [5, 5.41) is 4.10. The first-order valence-electron chi connectivity index (χ1n) is 5.35. The van der Waals surface area contributed by atoms with Gasteiger partial charge in [-0.2, -0.15) is 5.10 Å². The first-order chi connectivity index (χ1) is 8.22. The Morgan fingerprint density at radius 3 is 2.88 bits per heavy atom. The molecule has 5 heteroatoms. The maximum Gasteiger partial charge on any atom is 0.222 e. The predicted octanol–water partition coefficient (Wildman–Crippen LogP) is 2.21. The summed E-state index contributed by atoms with van der Waals surface area (Å²) < 4.78 is 7.35. The fourth-order valence-electron chi connectivity index (χ4n) is 1.44. The summed E-state index contributed by atoms with van der Waals surface area (Å²) in [5.74, 6) is 1.13. The molecule has 5 nitrogen and oxygen atoms in total. The molecule has 0 aliphatic carbocycles. The van der Waals surface area contributed by atoms with E-state index >= 15 is 0 Å². The second kappa shape index (κ2) is 4.78. The van der Waals surface area contributed by atoms with Crippen molar-refractivity contribution in [3.8, 4) is 11.6 Å². The summed E-state index contributed by atoms with van der Waals surface area (Å²) in [4.78, 5) is 14.7. The van der Waals surface area contributed by atoms with Crippen LogP contribution in [0.1, 0.15) is 22.8 Å². The van der Waals surface area contributed by atoms with Crippen molar-refractivity contribution in [2.75, 3.05) is 0 Å². The molecule has 0 atom stereocenters. The maximum absolute atomic E-state index is 10.6. The molecule has 0 amide bonds. The maximum atomic E-state index is 10.6. The van der Waals surface area contributed by atoms with Crippen molar-refractivity contribution in [3.05, 3.63) is 35.8 Å². The van der Waals surface area contributed by atoms with E-state index in [1.165, 1.54) is 6.20 Å². The normalized spacial score (nSPS) is 10.2.